The second-order valence-corrected chi connectivity index (χ2v) is 4.21. The Morgan fingerprint density at radius 2 is 1.35 bits per heavy atom. The molecule has 0 N–H and O–H groups in total. The fourth-order valence-electron chi connectivity index (χ4n) is 1.59. The van der Waals surface area contributed by atoms with Gasteiger partial charge in [-0.3, -0.25) is 4.79 Å². The molecular formula is C19H14O. The van der Waals surface area contributed by atoms with E-state index in [-0.39, 0.29) is 5.78 Å². The van der Waals surface area contributed by atoms with Crippen LogP contribution < -0.4 is 0 Å². The van der Waals surface area contributed by atoms with Crippen LogP contribution in [-0.2, 0) is 4.79 Å². The summed E-state index contributed by atoms with van der Waals surface area (Å²) in [5.41, 5.74) is 1.83. The van der Waals surface area contributed by atoms with Gasteiger partial charge in [0.2, 0.25) is 5.78 Å². The van der Waals surface area contributed by atoms with Crippen molar-refractivity contribution in [2.24, 2.45) is 0 Å². The summed E-state index contributed by atoms with van der Waals surface area (Å²) in [6.45, 7) is 0. The number of carbonyl (C=O) groups is 1. The molecule has 1 nitrogen and oxygen atoms in total. The molecule has 96 valence electrons. The predicted octanol–water partition coefficient (Wildman–Crippen LogP) is 3.44. The maximum absolute atomic E-state index is 11.6. The van der Waals surface area contributed by atoms with Crippen LogP contribution in [0.25, 0.3) is 0 Å². The third-order valence-corrected chi connectivity index (χ3v) is 2.60. The van der Waals surface area contributed by atoms with Gasteiger partial charge in [-0.2, -0.15) is 0 Å². The van der Waals surface area contributed by atoms with Gasteiger partial charge in [0.15, 0.2) is 0 Å². The quantitative estimate of drug-likeness (QED) is 0.754. The van der Waals surface area contributed by atoms with Gasteiger partial charge < -0.3 is 0 Å². The molecule has 0 amide bonds. The molecule has 1 heteroatoms. The van der Waals surface area contributed by atoms with Crippen molar-refractivity contribution in [1.29, 1.82) is 0 Å². The molecule has 0 heterocycles. The number of Topliss-reactive ketones (excluding diaryl/α,β-unsaturated/α-hetero) is 1. The first-order valence-corrected chi connectivity index (χ1v) is 6.48. The van der Waals surface area contributed by atoms with E-state index in [9.17, 15) is 4.79 Å². The molecule has 0 aliphatic heterocycles. The number of carbonyl (C=O) groups excluding carboxylic acids is 1. The standard InChI is InChI=1S/C19H14O/c20-19(16-15-18-11-5-2-6-12-18)14-8-7-13-17-9-3-1-4-10-17/h1-6,9-12H,8,14H2. The summed E-state index contributed by atoms with van der Waals surface area (Å²) in [6.07, 6.45) is 0.914. The van der Waals surface area contributed by atoms with Crippen molar-refractivity contribution in [2.45, 2.75) is 12.8 Å². The summed E-state index contributed by atoms with van der Waals surface area (Å²) in [5, 5.41) is 0. The van der Waals surface area contributed by atoms with Crippen molar-refractivity contribution < 1.29 is 4.79 Å². The van der Waals surface area contributed by atoms with E-state index in [2.05, 4.69) is 23.7 Å². The lowest BCUT2D eigenvalue weighted by molar-refractivity contribution is -0.113. The molecular weight excluding hydrogens is 244 g/mol. The van der Waals surface area contributed by atoms with Crippen LogP contribution in [0.2, 0.25) is 0 Å². The van der Waals surface area contributed by atoms with Crippen molar-refractivity contribution >= 4 is 5.78 Å². The minimum absolute atomic E-state index is 0.0729. The molecule has 0 aliphatic carbocycles. The van der Waals surface area contributed by atoms with E-state index in [1.807, 2.05) is 60.7 Å². The van der Waals surface area contributed by atoms with Crippen molar-refractivity contribution in [2.75, 3.05) is 0 Å². The summed E-state index contributed by atoms with van der Waals surface area (Å²) < 4.78 is 0. The van der Waals surface area contributed by atoms with Gasteiger partial charge in [-0.25, -0.2) is 0 Å². The second kappa shape index (κ2) is 7.62. The smallest absolute Gasteiger partial charge is 0.206 e. The van der Waals surface area contributed by atoms with Crippen LogP contribution in [0.4, 0.5) is 0 Å². The maximum Gasteiger partial charge on any atom is 0.206 e. The third-order valence-electron chi connectivity index (χ3n) is 2.60. The summed E-state index contributed by atoms with van der Waals surface area (Å²) in [6, 6.07) is 19.2. The van der Waals surface area contributed by atoms with Crippen LogP contribution in [0.15, 0.2) is 60.7 Å². The molecule has 20 heavy (non-hydrogen) atoms. The number of benzene rings is 2. The van der Waals surface area contributed by atoms with E-state index < -0.39 is 0 Å². The number of hydrogen-bond acceptors (Lipinski definition) is 1. The van der Waals surface area contributed by atoms with Crippen molar-refractivity contribution in [3.8, 4) is 23.7 Å². The lowest BCUT2D eigenvalue weighted by Gasteiger charge is -1.88. The van der Waals surface area contributed by atoms with Gasteiger partial charge in [0, 0.05) is 24.0 Å². The Kier molecular flexibility index (Phi) is 5.20. The molecule has 0 saturated carbocycles. The van der Waals surface area contributed by atoms with E-state index >= 15 is 0 Å². The summed E-state index contributed by atoms with van der Waals surface area (Å²) in [7, 11) is 0. The fourth-order valence-corrected chi connectivity index (χ4v) is 1.59. The van der Waals surface area contributed by atoms with E-state index in [1.165, 1.54) is 0 Å². The highest BCUT2D eigenvalue weighted by atomic mass is 16.1. The Morgan fingerprint density at radius 3 is 1.95 bits per heavy atom. The van der Waals surface area contributed by atoms with Gasteiger partial charge in [0.25, 0.3) is 0 Å². The van der Waals surface area contributed by atoms with E-state index in [1.54, 1.807) is 0 Å². The maximum atomic E-state index is 11.6. The average molecular weight is 258 g/mol. The Balaban J connectivity index is 1.82. The van der Waals surface area contributed by atoms with Crippen LogP contribution in [0.1, 0.15) is 24.0 Å². The Hall–Kier alpha value is -2.77. The van der Waals surface area contributed by atoms with Crippen molar-refractivity contribution in [3.05, 3.63) is 71.8 Å². The predicted molar refractivity (Wildman–Crippen MR) is 80.9 cm³/mol. The molecule has 0 unspecified atom stereocenters. The van der Waals surface area contributed by atoms with Gasteiger partial charge in [-0.05, 0) is 30.2 Å². The molecule has 0 radical (unpaired) electrons. The van der Waals surface area contributed by atoms with Gasteiger partial charge in [0.1, 0.15) is 0 Å². The van der Waals surface area contributed by atoms with Gasteiger partial charge in [0.05, 0.1) is 0 Å². The first-order valence-electron chi connectivity index (χ1n) is 6.48. The van der Waals surface area contributed by atoms with Crippen molar-refractivity contribution in [1.82, 2.24) is 0 Å². The number of hydrogen-bond donors (Lipinski definition) is 0. The highest BCUT2D eigenvalue weighted by Gasteiger charge is 1.94. The topological polar surface area (TPSA) is 17.1 Å². The number of rotatable bonds is 2. The minimum atomic E-state index is -0.0729. The molecule has 0 spiro atoms. The molecule has 2 aromatic carbocycles. The van der Waals surface area contributed by atoms with Crippen LogP contribution in [0.3, 0.4) is 0 Å². The zero-order valence-electron chi connectivity index (χ0n) is 11.1. The molecule has 2 aromatic rings. The highest BCUT2D eigenvalue weighted by molar-refractivity contribution is 5.96. The summed E-state index contributed by atoms with van der Waals surface area (Å²) in [4.78, 5) is 11.6. The first-order chi connectivity index (χ1) is 9.84. The van der Waals surface area contributed by atoms with E-state index in [0.717, 1.165) is 11.1 Å². The van der Waals surface area contributed by atoms with Crippen molar-refractivity contribution in [3.63, 3.8) is 0 Å². The highest BCUT2D eigenvalue weighted by Crippen LogP contribution is 1.97. The van der Waals surface area contributed by atoms with Crippen LogP contribution >= 0.6 is 0 Å². The Labute approximate surface area is 119 Å². The minimum Gasteiger partial charge on any atom is -0.285 e. The molecule has 0 fully saturated rings. The van der Waals surface area contributed by atoms with Gasteiger partial charge >= 0.3 is 0 Å². The Morgan fingerprint density at radius 1 is 0.800 bits per heavy atom. The molecule has 0 aliphatic rings. The van der Waals surface area contributed by atoms with Crippen LogP contribution in [-0.4, -0.2) is 5.78 Å². The third kappa shape index (κ3) is 4.84. The zero-order chi connectivity index (χ0) is 14.0. The van der Waals surface area contributed by atoms with Gasteiger partial charge in [-0.15, -0.1) is 0 Å². The molecule has 0 aromatic heterocycles. The van der Waals surface area contributed by atoms with Crippen LogP contribution in [0, 0.1) is 23.7 Å². The lowest BCUT2D eigenvalue weighted by Crippen LogP contribution is -1.91. The average Bonchev–Trinajstić information content (AvgIpc) is 2.52. The largest absolute Gasteiger partial charge is 0.285 e. The normalized spacial score (nSPS) is 8.80. The fraction of sp³-hybridized carbons (Fsp3) is 0.105. The summed E-state index contributed by atoms with van der Waals surface area (Å²) >= 11 is 0. The molecule has 2 rings (SSSR count). The molecule has 0 saturated heterocycles. The molecule has 0 atom stereocenters. The first kappa shape index (κ1) is 13.7. The van der Waals surface area contributed by atoms with E-state index in [0.29, 0.717) is 12.8 Å². The Bertz CT molecular complexity index is 677. The molecule has 0 bridgehead atoms. The monoisotopic (exact) mass is 258 g/mol. The SMILES string of the molecule is O=C(C#Cc1ccccc1)CCC#Cc1ccccc1. The van der Waals surface area contributed by atoms with Crippen LogP contribution in [0.5, 0.6) is 0 Å². The van der Waals surface area contributed by atoms with E-state index in [4.69, 9.17) is 0 Å². The summed E-state index contributed by atoms with van der Waals surface area (Å²) in [5.74, 6) is 11.4. The van der Waals surface area contributed by atoms with Gasteiger partial charge in [-0.1, -0.05) is 54.2 Å². The second-order valence-electron chi connectivity index (χ2n) is 4.21. The number of ketones is 1. The lowest BCUT2D eigenvalue weighted by atomic mass is 10.1. The zero-order valence-corrected chi connectivity index (χ0v) is 11.1.